The lowest BCUT2D eigenvalue weighted by atomic mass is 10.2. The fourth-order valence-corrected chi connectivity index (χ4v) is 2.25. The molecule has 1 N–H and O–H groups in total. The molecule has 2 aromatic rings. The van der Waals surface area contributed by atoms with Gasteiger partial charge in [-0.2, -0.15) is 0 Å². The summed E-state index contributed by atoms with van der Waals surface area (Å²) in [4.78, 5) is 4.72. The van der Waals surface area contributed by atoms with Crippen LogP contribution >= 0.6 is 0 Å². The average molecular weight is 251 g/mol. The van der Waals surface area contributed by atoms with Gasteiger partial charge in [0.2, 0.25) is 0 Å². The second kappa shape index (κ2) is 5.14. The highest BCUT2D eigenvalue weighted by Crippen LogP contribution is 2.17. The Morgan fingerprint density at radius 1 is 1.00 bits per heavy atom. The minimum absolute atomic E-state index is 0.311. The summed E-state index contributed by atoms with van der Waals surface area (Å²) in [5, 5.41) is 2.12. The van der Waals surface area contributed by atoms with Crippen LogP contribution in [0, 0.1) is 0 Å². The average Bonchev–Trinajstić information content (AvgIpc) is 2.82. The molecular formula is C16H17N3. The number of hydrogen-bond acceptors (Lipinski definition) is 3. The second-order valence-electron chi connectivity index (χ2n) is 4.76. The third-order valence-electron chi connectivity index (χ3n) is 3.11. The van der Waals surface area contributed by atoms with Gasteiger partial charge in [-0.3, -0.25) is 15.4 Å². The Kier molecular flexibility index (Phi) is 3.19. The monoisotopic (exact) mass is 251 g/mol. The van der Waals surface area contributed by atoms with Crippen LogP contribution in [0.3, 0.4) is 0 Å². The van der Waals surface area contributed by atoms with Gasteiger partial charge in [-0.25, -0.2) is 0 Å². The van der Waals surface area contributed by atoms with Crippen molar-refractivity contribution in [2.75, 3.05) is 12.0 Å². The van der Waals surface area contributed by atoms with Crippen molar-refractivity contribution in [3.63, 3.8) is 0 Å². The Labute approximate surface area is 113 Å². The first kappa shape index (κ1) is 11.8. The predicted molar refractivity (Wildman–Crippen MR) is 79.2 cm³/mol. The Morgan fingerprint density at radius 3 is 2.32 bits per heavy atom. The molecule has 1 atom stereocenters. The molecule has 0 saturated heterocycles. The molecule has 0 aromatic heterocycles. The van der Waals surface area contributed by atoms with E-state index in [-0.39, 0.29) is 0 Å². The van der Waals surface area contributed by atoms with Gasteiger partial charge in [-0.15, -0.1) is 0 Å². The van der Waals surface area contributed by atoms with E-state index in [9.17, 15) is 0 Å². The number of benzene rings is 2. The van der Waals surface area contributed by atoms with E-state index in [1.807, 2.05) is 36.4 Å². The van der Waals surface area contributed by atoms with Gasteiger partial charge in [-0.1, -0.05) is 48.5 Å². The standard InChI is InChI=1S/C16H17N3/c1-13-12-19(18-15-10-6-3-7-11-15)16(17-13)14-8-4-2-5-9-14/h2-11,13,18H,12H2,1H3/t13-/m0/s1. The van der Waals surface area contributed by atoms with Crippen LogP contribution in [0.1, 0.15) is 12.5 Å². The Hall–Kier alpha value is -2.29. The van der Waals surface area contributed by atoms with Crippen LogP contribution in [-0.4, -0.2) is 23.4 Å². The third kappa shape index (κ3) is 2.60. The van der Waals surface area contributed by atoms with Crippen molar-refractivity contribution in [2.24, 2.45) is 4.99 Å². The van der Waals surface area contributed by atoms with Gasteiger partial charge in [0, 0.05) is 5.56 Å². The second-order valence-corrected chi connectivity index (χ2v) is 4.76. The van der Waals surface area contributed by atoms with E-state index in [1.165, 1.54) is 0 Å². The van der Waals surface area contributed by atoms with Crippen LogP contribution in [0.5, 0.6) is 0 Å². The van der Waals surface area contributed by atoms with Gasteiger partial charge in [0.05, 0.1) is 18.3 Å². The van der Waals surface area contributed by atoms with Crippen molar-refractivity contribution < 1.29 is 0 Å². The topological polar surface area (TPSA) is 27.6 Å². The molecule has 0 bridgehead atoms. The zero-order valence-corrected chi connectivity index (χ0v) is 11.0. The molecule has 1 aliphatic heterocycles. The molecule has 0 radical (unpaired) electrons. The van der Waals surface area contributed by atoms with E-state index in [2.05, 4.69) is 41.6 Å². The van der Waals surface area contributed by atoms with Crippen molar-refractivity contribution in [1.82, 2.24) is 5.01 Å². The van der Waals surface area contributed by atoms with E-state index in [0.717, 1.165) is 23.6 Å². The van der Waals surface area contributed by atoms with Gasteiger partial charge in [0.15, 0.2) is 0 Å². The lowest BCUT2D eigenvalue weighted by Gasteiger charge is -2.23. The van der Waals surface area contributed by atoms with Crippen molar-refractivity contribution in [1.29, 1.82) is 0 Å². The van der Waals surface area contributed by atoms with Crippen molar-refractivity contribution >= 4 is 11.5 Å². The molecule has 96 valence electrons. The highest BCUT2D eigenvalue weighted by atomic mass is 15.5. The van der Waals surface area contributed by atoms with Gasteiger partial charge in [-0.05, 0) is 19.1 Å². The quantitative estimate of drug-likeness (QED) is 0.907. The number of anilines is 1. The summed E-state index contributed by atoms with van der Waals surface area (Å²) in [5.74, 6) is 1.01. The molecule has 0 aliphatic carbocycles. The SMILES string of the molecule is C[C@H]1CN(Nc2ccccc2)C(c2ccccc2)=N1. The van der Waals surface area contributed by atoms with Gasteiger partial charge < -0.3 is 0 Å². The molecule has 3 heteroatoms. The number of amidine groups is 1. The Morgan fingerprint density at radius 2 is 1.63 bits per heavy atom. The summed E-state index contributed by atoms with van der Waals surface area (Å²) in [6.45, 7) is 3.02. The zero-order valence-electron chi connectivity index (χ0n) is 11.0. The largest absolute Gasteiger partial charge is 0.297 e. The molecule has 0 spiro atoms. The van der Waals surface area contributed by atoms with Crippen LogP contribution in [-0.2, 0) is 0 Å². The maximum absolute atomic E-state index is 4.72. The first-order valence-electron chi connectivity index (χ1n) is 6.55. The van der Waals surface area contributed by atoms with Crippen molar-refractivity contribution in [3.05, 3.63) is 66.2 Å². The van der Waals surface area contributed by atoms with Crippen LogP contribution in [0.25, 0.3) is 0 Å². The molecule has 3 nitrogen and oxygen atoms in total. The van der Waals surface area contributed by atoms with Crippen LogP contribution < -0.4 is 5.43 Å². The smallest absolute Gasteiger partial charge is 0.150 e. The fraction of sp³-hybridized carbons (Fsp3) is 0.188. The molecule has 2 aromatic carbocycles. The van der Waals surface area contributed by atoms with Crippen molar-refractivity contribution in [2.45, 2.75) is 13.0 Å². The maximum Gasteiger partial charge on any atom is 0.150 e. The van der Waals surface area contributed by atoms with E-state index >= 15 is 0 Å². The minimum Gasteiger partial charge on any atom is -0.297 e. The number of nitrogens with zero attached hydrogens (tertiary/aromatic N) is 2. The first-order chi connectivity index (χ1) is 9.33. The van der Waals surface area contributed by atoms with E-state index in [1.54, 1.807) is 0 Å². The third-order valence-corrected chi connectivity index (χ3v) is 3.11. The summed E-state index contributed by atoms with van der Waals surface area (Å²) in [6.07, 6.45) is 0. The highest BCUT2D eigenvalue weighted by molar-refractivity contribution is 6.00. The molecule has 19 heavy (non-hydrogen) atoms. The molecule has 3 rings (SSSR count). The summed E-state index contributed by atoms with van der Waals surface area (Å²) in [7, 11) is 0. The molecule has 1 aliphatic rings. The molecular weight excluding hydrogens is 234 g/mol. The number of hydrazine groups is 1. The molecule has 0 amide bonds. The van der Waals surface area contributed by atoms with Crippen LogP contribution in [0.2, 0.25) is 0 Å². The maximum atomic E-state index is 4.72. The summed E-state index contributed by atoms with van der Waals surface area (Å²) in [5.41, 5.74) is 5.65. The van der Waals surface area contributed by atoms with Gasteiger partial charge in [0.1, 0.15) is 5.84 Å². The lowest BCUT2D eigenvalue weighted by Crippen LogP contribution is -2.34. The number of aliphatic imine (C=N–C) groups is 1. The van der Waals surface area contributed by atoms with Gasteiger partial charge in [0.25, 0.3) is 0 Å². The van der Waals surface area contributed by atoms with E-state index < -0.39 is 0 Å². The molecule has 0 fully saturated rings. The van der Waals surface area contributed by atoms with E-state index in [0.29, 0.717) is 6.04 Å². The summed E-state index contributed by atoms with van der Waals surface area (Å²) >= 11 is 0. The predicted octanol–water partition coefficient (Wildman–Crippen LogP) is 3.16. The first-order valence-corrected chi connectivity index (χ1v) is 6.55. The molecule has 0 unspecified atom stereocenters. The number of hydrogen-bond donors (Lipinski definition) is 1. The van der Waals surface area contributed by atoms with Crippen LogP contribution in [0.4, 0.5) is 5.69 Å². The van der Waals surface area contributed by atoms with Crippen LogP contribution in [0.15, 0.2) is 65.7 Å². The van der Waals surface area contributed by atoms with Crippen molar-refractivity contribution in [3.8, 4) is 0 Å². The number of nitrogens with one attached hydrogen (secondary N) is 1. The Bertz CT molecular complexity index is 563. The Balaban J connectivity index is 1.84. The van der Waals surface area contributed by atoms with E-state index in [4.69, 9.17) is 4.99 Å². The number of para-hydroxylation sites is 1. The minimum atomic E-state index is 0.311. The fourth-order valence-electron chi connectivity index (χ4n) is 2.25. The molecule has 0 saturated carbocycles. The normalized spacial score (nSPS) is 18.3. The summed E-state index contributed by atoms with van der Waals surface area (Å²) in [6, 6.07) is 20.8. The molecule has 1 heterocycles. The van der Waals surface area contributed by atoms with Gasteiger partial charge >= 0.3 is 0 Å². The summed E-state index contributed by atoms with van der Waals surface area (Å²) < 4.78 is 0. The number of rotatable bonds is 3. The lowest BCUT2D eigenvalue weighted by molar-refractivity contribution is 0.505. The zero-order chi connectivity index (χ0) is 13.1. The highest BCUT2D eigenvalue weighted by Gasteiger charge is 2.23.